The third kappa shape index (κ3) is 2.88. The highest BCUT2D eigenvalue weighted by atomic mass is 15.2. The number of likely N-dealkylation sites (tertiary alicyclic amines) is 1. The maximum absolute atomic E-state index is 3.69. The topological polar surface area (TPSA) is 15.3 Å². The molecule has 2 nitrogen and oxygen atoms in total. The van der Waals surface area contributed by atoms with E-state index in [2.05, 4.69) is 40.5 Å². The van der Waals surface area contributed by atoms with Crippen molar-refractivity contribution in [2.24, 2.45) is 0 Å². The van der Waals surface area contributed by atoms with Gasteiger partial charge >= 0.3 is 0 Å². The lowest BCUT2D eigenvalue weighted by Gasteiger charge is -2.28. The minimum atomic E-state index is 0.583. The average molecular weight is 230 g/mol. The summed E-state index contributed by atoms with van der Waals surface area (Å²) in [4.78, 5) is 2.64. The molecule has 1 N–H and O–H groups in total. The molecule has 0 amide bonds. The maximum Gasteiger partial charge on any atom is 0.0472 e. The minimum absolute atomic E-state index is 0.583. The van der Waals surface area contributed by atoms with Gasteiger partial charge in [0.1, 0.15) is 0 Å². The third-order valence-corrected chi connectivity index (χ3v) is 3.94. The van der Waals surface area contributed by atoms with E-state index in [1.807, 2.05) is 0 Å². The molecule has 0 spiro atoms. The van der Waals surface area contributed by atoms with Crippen LogP contribution in [0.5, 0.6) is 0 Å². The summed E-state index contributed by atoms with van der Waals surface area (Å²) in [6.07, 6.45) is 5.49. The number of benzene rings is 1. The van der Waals surface area contributed by atoms with E-state index >= 15 is 0 Å². The molecule has 1 saturated heterocycles. The molecule has 2 aliphatic rings. The molecule has 0 aromatic heterocycles. The van der Waals surface area contributed by atoms with Crippen molar-refractivity contribution in [2.75, 3.05) is 19.6 Å². The largest absolute Gasteiger partial charge is 0.312 e. The van der Waals surface area contributed by atoms with Gasteiger partial charge in [-0.15, -0.1) is 0 Å². The fourth-order valence-electron chi connectivity index (χ4n) is 2.75. The predicted molar refractivity (Wildman–Crippen MR) is 71.0 cm³/mol. The minimum Gasteiger partial charge on any atom is -0.312 e. The Morgan fingerprint density at radius 2 is 1.82 bits per heavy atom. The van der Waals surface area contributed by atoms with E-state index in [0.717, 1.165) is 12.6 Å². The molecule has 2 heteroatoms. The molecule has 2 fully saturated rings. The summed E-state index contributed by atoms with van der Waals surface area (Å²) in [5.74, 6) is 0. The Morgan fingerprint density at radius 1 is 1.12 bits per heavy atom. The smallest absolute Gasteiger partial charge is 0.0472 e. The molecule has 0 bridgehead atoms. The molecule has 1 aromatic rings. The number of nitrogens with zero attached hydrogens (tertiary/aromatic N) is 1. The van der Waals surface area contributed by atoms with Crippen LogP contribution >= 0.6 is 0 Å². The summed E-state index contributed by atoms with van der Waals surface area (Å²) >= 11 is 0. The van der Waals surface area contributed by atoms with E-state index in [1.54, 1.807) is 0 Å². The van der Waals surface area contributed by atoms with Crippen LogP contribution in [0.25, 0.3) is 0 Å². The molecule has 17 heavy (non-hydrogen) atoms. The van der Waals surface area contributed by atoms with Crippen LogP contribution in [0.15, 0.2) is 30.3 Å². The molecule has 1 aliphatic heterocycles. The Hall–Kier alpha value is -0.860. The summed E-state index contributed by atoms with van der Waals surface area (Å²) in [6.45, 7) is 3.66. The SMILES string of the molecule is c1ccc(C(CNC2CC2)N2CCCC2)cc1. The van der Waals surface area contributed by atoms with Gasteiger partial charge in [-0.3, -0.25) is 4.90 Å². The van der Waals surface area contributed by atoms with E-state index in [1.165, 1.54) is 44.3 Å². The van der Waals surface area contributed by atoms with Crippen molar-refractivity contribution < 1.29 is 0 Å². The molecular weight excluding hydrogens is 208 g/mol. The van der Waals surface area contributed by atoms with Gasteiger partial charge in [-0.25, -0.2) is 0 Å². The Kier molecular flexibility index (Phi) is 3.44. The van der Waals surface area contributed by atoms with Gasteiger partial charge in [0.2, 0.25) is 0 Å². The van der Waals surface area contributed by atoms with E-state index < -0.39 is 0 Å². The monoisotopic (exact) mass is 230 g/mol. The van der Waals surface area contributed by atoms with Crippen molar-refractivity contribution >= 4 is 0 Å². The van der Waals surface area contributed by atoms with Crippen molar-refractivity contribution in [3.63, 3.8) is 0 Å². The van der Waals surface area contributed by atoms with Crippen molar-refractivity contribution in [1.82, 2.24) is 10.2 Å². The highest BCUT2D eigenvalue weighted by Crippen LogP contribution is 2.26. The highest BCUT2D eigenvalue weighted by Gasteiger charge is 2.26. The van der Waals surface area contributed by atoms with Gasteiger partial charge in [-0.05, 0) is 44.3 Å². The molecule has 92 valence electrons. The molecule has 1 atom stereocenters. The lowest BCUT2D eigenvalue weighted by molar-refractivity contribution is 0.238. The van der Waals surface area contributed by atoms with Gasteiger partial charge in [0, 0.05) is 18.6 Å². The lowest BCUT2D eigenvalue weighted by atomic mass is 10.1. The second-order valence-electron chi connectivity index (χ2n) is 5.35. The first-order chi connectivity index (χ1) is 8.43. The normalized spacial score (nSPS) is 22.8. The van der Waals surface area contributed by atoms with E-state index in [0.29, 0.717) is 6.04 Å². The first kappa shape index (κ1) is 11.2. The first-order valence-corrected chi connectivity index (χ1v) is 6.96. The molecular formula is C15H22N2. The fraction of sp³-hybridized carbons (Fsp3) is 0.600. The van der Waals surface area contributed by atoms with Crippen molar-refractivity contribution in [3.05, 3.63) is 35.9 Å². The predicted octanol–water partition coefficient (Wildman–Crippen LogP) is 2.58. The molecule has 1 heterocycles. The van der Waals surface area contributed by atoms with Crippen molar-refractivity contribution in [1.29, 1.82) is 0 Å². The lowest BCUT2D eigenvalue weighted by Crippen LogP contribution is -2.34. The number of rotatable bonds is 5. The van der Waals surface area contributed by atoms with Crippen LogP contribution in [0.3, 0.4) is 0 Å². The molecule has 0 radical (unpaired) electrons. The number of nitrogens with one attached hydrogen (secondary N) is 1. The highest BCUT2D eigenvalue weighted by molar-refractivity contribution is 5.20. The summed E-state index contributed by atoms with van der Waals surface area (Å²) in [5.41, 5.74) is 1.47. The van der Waals surface area contributed by atoms with E-state index in [9.17, 15) is 0 Å². The molecule has 1 saturated carbocycles. The summed E-state index contributed by atoms with van der Waals surface area (Å²) in [5, 5.41) is 3.69. The molecule has 3 rings (SSSR count). The fourth-order valence-corrected chi connectivity index (χ4v) is 2.75. The van der Waals surface area contributed by atoms with Gasteiger partial charge in [0.05, 0.1) is 0 Å². The van der Waals surface area contributed by atoms with Crippen LogP contribution in [0.4, 0.5) is 0 Å². The van der Waals surface area contributed by atoms with Gasteiger partial charge in [0.15, 0.2) is 0 Å². The second kappa shape index (κ2) is 5.19. The van der Waals surface area contributed by atoms with Gasteiger partial charge in [-0.2, -0.15) is 0 Å². The molecule has 1 aromatic carbocycles. The Balaban J connectivity index is 1.69. The van der Waals surface area contributed by atoms with Crippen LogP contribution in [-0.4, -0.2) is 30.6 Å². The van der Waals surface area contributed by atoms with Crippen LogP contribution in [0.1, 0.15) is 37.3 Å². The Morgan fingerprint density at radius 3 is 2.47 bits per heavy atom. The standard InChI is InChI=1S/C15H22N2/c1-2-6-13(7-3-1)15(12-16-14-8-9-14)17-10-4-5-11-17/h1-3,6-7,14-16H,4-5,8-12H2. The zero-order valence-corrected chi connectivity index (χ0v) is 10.4. The first-order valence-electron chi connectivity index (χ1n) is 6.96. The Bertz CT molecular complexity index is 339. The van der Waals surface area contributed by atoms with Crippen molar-refractivity contribution in [3.8, 4) is 0 Å². The summed E-state index contributed by atoms with van der Waals surface area (Å²) in [6, 6.07) is 12.4. The summed E-state index contributed by atoms with van der Waals surface area (Å²) in [7, 11) is 0. The average Bonchev–Trinajstić information content (AvgIpc) is 3.04. The Labute approximate surface area is 104 Å². The van der Waals surface area contributed by atoms with E-state index in [4.69, 9.17) is 0 Å². The summed E-state index contributed by atoms with van der Waals surface area (Å²) < 4.78 is 0. The van der Waals surface area contributed by atoms with Crippen LogP contribution in [0.2, 0.25) is 0 Å². The zero-order chi connectivity index (χ0) is 11.5. The second-order valence-corrected chi connectivity index (χ2v) is 5.35. The van der Waals surface area contributed by atoms with Crippen LogP contribution in [-0.2, 0) is 0 Å². The van der Waals surface area contributed by atoms with Gasteiger partial charge in [0.25, 0.3) is 0 Å². The number of hydrogen-bond donors (Lipinski definition) is 1. The van der Waals surface area contributed by atoms with E-state index in [-0.39, 0.29) is 0 Å². The van der Waals surface area contributed by atoms with Crippen LogP contribution in [0, 0.1) is 0 Å². The van der Waals surface area contributed by atoms with Crippen LogP contribution < -0.4 is 5.32 Å². The van der Waals surface area contributed by atoms with Gasteiger partial charge < -0.3 is 5.32 Å². The molecule has 1 unspecified atom stereocenters. The molecule has 1 aliphatic carbocycles. The number of hydrogen-bond acceptors (Lipinski definition) is 2. The third-order valence-electron chi connectivity index (χ3n) is 3.94. The van der Waals surface area contributed by atoms with Gasteiger partial charge in [-0.1, -0.05) is 30.3 Å². The maximum atomic E-state index is 3.69. The van der Waals surface area contributed by atoms with Crippen molar-refractivity contribution in [2.45, 2.75) is 37.8 Å². The quantitative estimate of drug-likeness (QED) is 0.836. The zero-order valence-electron chi connectivity index (χ0n) is 10.4.